The highest BCUT2D eigenvalue weighted by molar-refractivity contribution is 8.00. The van der Waals surface area contributed by atoms with Gasteiger partial charge in [0.15, 0.2) is 5.16 Å². The van der Waals surface area contributed by atoms with Crippen molar-refractivity contribution in [1.82, 2.24) is 9.55 Å². The lowest BCUT2D eigenvalue weighted by molar-refractivity contribution is 0.730. The molecule has 0 radical (unpaired) electrons. The van der Waals surface area contributed by atoms with E-state index in [0.29, 0.717) is 5.25 Å². The van der Waals surface area contributed by atoms with E-state index in [2.05, 4.69) is 20.8 Å². The van der Waals surface area contributed by atoms with Crippen molar-refractivity contribution in [2.24, 2.45) is 0 Å². The Balaban J connectivity index is 2.16. The minimum Gasteiger partial charge on any atom is -0.268 e. The summed E-state index contributed by atoms with van der Waals surface area (Å²) >= 11 is 3.33. The molecule has 0 N–H and O–H groups in total. The Kier molecular flexibility index (Phi) is 4.64. The highest BCUT2D eigenvalue weighted by atomic mass is 32.2. The smallest absolute Gasteiger partial charge is 0.268 e. The molecule has 0 bridgehead atoms. The minimum absolute atomic E-state index is 0.0850. The first-order valence-electron chi connectivity index (χ1n) is 7.62. The Morgan fingerprint density at radius 2 is 2.09 bits per heavy atom. The standard InChI is InChI=1S/C17H20N2OS2/c1-4-9-21-17-18-14-10-12(3)22-15(14)16(20)19(17)13-7-5-11(2)6-8-13/h5-8,12H,4,9-10H2,1-3H3/t12-/m0/s1. The molecule has 1 aliphatic heterocycles. The lowest BCUT2D eigenvalue weighted by Gasteiger charge is -2.13. The van der Waals surface area contributed by atoms with Crippen LogP contribution >= 0.6 is 23.5 Å². The van der Waals surface area contributed by atoms with Crippen molar-refractivity contribution in [3.05, 3.63) is 45.9 Å². The van der Waals surface area contributed by atoms with Crippen molar-refractivity contribution >= 4 is 23.5 Å². The van der Waals surface area contributed by atoms with Crippen LogP contribution in [-0.4, -0.2) is 20.6 Å². The van der Waals surface area contributed by atoms with Gasteiger partial charge in [0.05, 0.1) is 16.3 Å². The van der Waals surface area contributed by atoms with Gasteiger partial charge < -0.3 is 0 Å². The molecule has 0 amide bonds. The first-order chi connectivity index (χ1) is 10.6. The van der Waals surface area contributed by atoms with Gasteiger partial charge in [-0.3, -0.25) is 9.36 Å². The Labute approximate surface area is 139 Å². The van der Waals surface area contributed by atoms with Gasteiger partial charge in [0.25, 0.3) is 5.56 Å². The summed E-state index contributed by atoms with van der Waals surface area (Å²) < 4.78 is 1.78. The maximum atomic E-state index is 13.0. The quantitative estimate of drug-likeness (QED) is 0.624. The van der Waals surface area contributed by atoms with Gasteiger partial charge in [-0.15, -0.1) is 11.8 Å². The first-order valence-corrected chi connectivity index (χ1v) is 9.49. The summed E-state index contributed by atoms with van der Waals surface area (Å²) in [6.07, 6.45) is 1.96. The van der Waals surface area contributed by atoms with Gasteiger partial charge in [0.1, 0.15) is 0 Å². The van der Waals surface area contributed by atoms with E-state index in [9.17, 15) is 4.79 Å². The maximum Gasteiger partial charge on any atom is 0.272 e. The Morgan fingerprint density at radius 3 is 2.77 bits per heavy atom. The molecule has 0 saturated heterocycles. The zero-order chi connectivity index (χ0) is 15.7. The first kappa shape index (κ1) is 15.7. The van der Waals surface area contributed by atoms with E-state index >= 15 is 0 Å². The Morgan fingerprint density at radius 1 is 1.36 bits per heavy atom. The molecule has 1 aromatic heterocycles. The molecule has 5 heteroatoms. The number of hydrogen-bond donors (Lipinski definition) is 0. The topological polar surface area (TPSA) is 34.9 Å². The molecule has 0 spiro atoms. The fourth-order valence-electron chi connectivity index (χ4n) is 2.51. The van der Waals surface area contributed by atoms with E-state index in [4.69, 9.17) is 4.98 Å². The summed E-state index contributed by atoms with van der Waals surface area (Å²) in [6.45, 7) is 6.35. The average molecular weight is 332 g/mol. The second kappa shape index (κ2) is 6.50. The van der Waals surface area contributed by atoms with Gasteiger partial charge in [-0.25, -0.2) is 4.98 Å². The molecule has 0 aliphatic carbocycles. The van der Waals surface area contributed by atoms with Crippen LogP contribution in [0, 0.1) is 6.92 Å². The zero-order valence-corrected chi connectivity index (χ0v) is 14.8. The van der Waals surface area contributed by atoms with E-state index in [1.54, 1.807) is 28.1 Å². The normalized spacial score (nSPS) is 16.8. The molecule has 2 aromatic rings. The van der Waals surface area contributed by atoms with E-state index in [0.717, 1.165) is 40.0 Å². The van der Waals surface area contributed by atoms with Crippen LogP contribution in [-0.2, 0) is 6.42 Å². The summed E-state index contributed by atoms with van der Waals surface area (Å²) in [7, 11) is 0. The molecule has 0 unspecified atom stereocenters. The minimum atomic E-state index is 0.0850. The lowest BCUT2D eigenvalue weighted by atomic mass is 10.2. The van der Waals surface area contributed by atoms with Crippen LogP contribution in [0.4, 0.5) is 0 Å². The SMILES string of the molecule is CCCSc1nc2c(c(=O)n1-c1ccc(C)cc1)S[C@@H](C)C2. The largest absolute Gasteiger partial charge is 0.272 e. The summed E-state index contributed by atoms with van der Waals surface area (Å²) in [6, 6.07) is 8.09. The molecular formula is C17H20N2OS2. The highest BCUT2D eigenvalue weighted by Crippen LogP contribution is 2.34. The molecular weight excluding hydrogens is 312 g/mol. The molecule has 3 rings (SSSR count). The van der Waals surface area contributed by atoms with E-state index in [-0.39, 0.29) is 5.56 Å². The van der Waals surface area contributed by atoms with Crippen LogP contribution in [0.15, 0.2) is 39.1 Å². The van der Waals surface area contributed by atoms with Crippen LogP contribution < -0.4 is 5.56 Å². The van der Waals surface area contributed by atoms with Crippen molar-refractivity contribution in [2.45, 2.75) is 48.9 Å². The molecule has 22 heavy (non-hydrogen) atoms. The maximum absolute atomic E-state index is 13.0. The summed E-state index contributed by atoms with van der Waals surface area (Å²) in [5.74, 6) is 0.972. The van der Waals surface area contributed by atoms with Crippen molar-refractivity contribution in [2.75, 3.05) is 5.75 Å². The third-order valence-corrected chi connectivity index (χ3v) is 5.97. The Bertz CT molecular complexity index is 738. The third kappa shape index (κ3) is 2.97. The molecule has 0 fully saturated rings. The molecule has 1 aliphatic rings. The molecule has 1 aromatic carbocycles. The lowest BCUT2D eigenvalue weighted by Crippen LogP contribution is -2.23. The van der Waals surface area contributed by atoms with Gasteiger partial charge in [-0.2, -0.15) is 0 Å². The highest BCUT2D eigenvalue weighted by Gasteiger charge is 2.26. The number of benzene rings is 1. The van der Waals surface area contributed by atoms with Crippen molar-refractivity contribution in [1.29, 1.82) is 0 Å². The number of aryl methyl sites for hydroxylation is 1. The van der Waals surface area contributed by atoms with Crippen LogP contribution in [0.2, 0.25) is 0 Å². The van der Waals surface area contributed by atoms with Gasteiger partial charge >= 0.3 is 0 Å². The monoisotopic (exact) mass is 332 g/mol. The number of aromatic nitrogens is 2. The fraction of sp³-hybridized carbons (Fsp3) is 0.412. The van der Waals surface area contributed by atoms with Crippen LogP contribution in [0.1, 0.15) is 31.5 Å². The van der Waals surface area contributed by atoms with Gasteiger partial charge in [0, 0.05) is 17.4 Å². The van der Waals surface area contributed by atoms with Crippen LogP contribution in [0.3, 0.4) is 0 Å². The summed E-state index contributed by atoms with van der Waals surface area (Å²) in [4.78, 5) is 18.6. The molecule has 2 heterocycles. The number of thioether (sulfide) groups is 2. The fourth-order valence-corrected chi connectivity index (χ4v) is 4.49. The number of nitrogens with zero attached hydrogens (tertiary/aromatic N) is 2. The van der Waals surface area contributed by atoms with Crippen molar-refractivity contribution < 1.29 is 0 Å². The second-order valence-electron chi connectivity index (χ2n) is 5.63. The third-order valence-electron chi connectivity index (χ3n) is 3.61. The van der Waals surface area contributed by atoms with Gasteiger partial charge in [0.2, 0.25) is 0 Å². The summed E-state index contributed by atoms with van der Waals surface area (Å²) in [5, 5.41) is 1.26. The second-order valence-corrected chi connectivity index (χ2v) is 8.14. The van der Waals surface area contributed by atoms with Gasteiger partial charge in [-0.05, 0) is 25.5 Å². The van der Waals surface area contributed by atoms with Crippen LogP contribution in [0.5, 0.6) is 0 Å². The van der Waals surface area contributed by atoms with E-state index in [1.165, 1.54) is 5.56 Å². The average Bonchev–Trinajstić information content (AvgIpc) is 2.87. The summed E-state index contributed by atoms with van der Waals surface area (Å²) in [5.41, 5.74) is 3.16. The van der Waals surface area contributed by atoms with Crippen molar-refractivity contribution in [3.8, 4) is 5.69 Å². The zero-order valence-electron chi connectivity index (χ0n) is 13.1. The number of rotatable bonds is 4. The van der Waals surface area contributed by atoms with Crippen molar-refractivity contribution in [3.63, 3.8) is 0 Å². The van der Waals surface area contributed by atoms with E-state index < -0.39 is 0 Å². The molecule has 1 atom stereocenters. The molecule has 116 valence electrons. The number of hydrogen-bond acceptors (Lipinski definition) is 4. The molecule has 0 saturated carbocycles. The van der Waals surface area contributed by atoms with Crippen LogP contribution in [0.25, 0.3) is 5.69 Å². The van der Waals surface area contributed by atoms with E-state index in [1.807, 2.05) is 24.3 Å². The Hall–Kier alpha value is -1.20. The predicted octanol–water partition coefficient (Wildman–Crippen LogP) is 4.08. The molecule has 3 nitrogen and oxygen atoms in total. The van der Waals surface area contributed by atoms with Gasteiger partial charge in [-0.1, -0.05) is 43.3 Å². The predicted molar refractivity (Wildman–Crippen MR) is 94.6 cm³/mol. The number of fused-ring (bicyclic) bond motifs is 1.